The van der Waals surface area contributed by atoms with E-state index >= 15 is 0 Å². The van der Waals surface area contributed by atoms with Gasteiger partial charge in [0.2, 0.25) is 0 Å². The van der Waals surface area contributed by atoms with Gasteiger partial charge in [0, 0.05) is 12.7 Å². The molecule has 1 amide bonds. The molecule has 132 valence electrons. The second kappa shape index (κ2) is 7.51. The summed E-state index contributed by atoms with van der Waals surface area (Å²) in [5.74, 6) is -0.767. The highest BCUT2D eigenvalue weighted by Gasteiger charge is 2.17. The van der Waals surface area contributed by atoms with E-state index in [9.17, 15) is 9.59 Å². The molecule has 2 aromatic rings. The fourth-order valence-electron chi connectivity index (χ4n) is 2.39. The average Bonchev–Trinajstić information content (AvgIpc) is 2.58. The van der Waals surface area contributed by atoms with Crippen molar-refractivity contribution >= 4 is 17.6 Å². The van der Waals surface area contributed by atoms with E-state index in [2.05, 4.69) is 20.8 Å². The number of benzene rings is 2. The zero-order valence-electron chi connectivity index (χ0n) is 15.5. The lowest BCUT2D eigenvalue weighted by Gasteiger charge is -2.19. The quantitative estimate of drug-likeness (QED) is 0.788. The second-order valence-corrected chi connectivity index (χ2v) is 7.20. The maximum Gasteiger partial charge on any atom is 0.338 e. The van der Waals surface area contributed by atoms with E-state index in [1.165, 1.54) is 4.90 Å². The predicted octanol–water partition coefficient (Wildman–Crippen LogP) is 4.11. The van der Waals surface area contributed by atoms with Gasteiger partial charge in [-0.05, 0) is 47.7 Å². The largest absolute Gasteiger partial charge is 0.452 e. The number of nitrogens with zero attached hydrogens (tertiary/aromatic N) is 1. The Balaban J connectivity index is 1.96. The van der Waals surface area contributed by atoms with Crippen molar-refractivity contribution in [3.8, 4) is 0 Å². The fraction of sp³-hybridized carbons (Fsp3) is 0.333. The Hall–Kier alpha value is -2.62. The number of aryl methyl sites for hydroxylation is 1. The van der Waals surface area contributed by atoms with Crippen LogP contribution in [0.2, 0.25) is 0 Å². The zero-order valence-corrected chi connectivity index (χ0v) is 15.5. The number of carbonyl (C=O) groups is 2. The molecule has 0 saturated carbocycles. The molecule has 0 N–H and O–H groups in total. The summed E-state index contributed by atoms with van der Waals surface area (Å²) in [5, 5.41) is 0. The lowest BCUT2D eigenvalue weighted by molar-refractivity contribution is -0.121. The van der Waals surface area contributed by atoms with Crippen molar-refractivity contribution in [1.82, 2.24) is 0 Å². The first kappa shape index (κ1) is 18.7. The molecule has 4 heteroatoms. The van der Waals surface area contributed by atoms with Crippen LogP contribution in [0.25, 0.3) is 0 Å². The molecular formula is C21H25NO3. The van der Waals surface area contributed by atoms with Crippen molar-refractivity contribution in [3.05, 3.63) is 65.2 Å². The van der Waals surface area contributed by atoms with E-state index in [1.54, 1.807) is 19.2 Å². The molecule has 0 bridgehead atoms. The third-order valence-corrected chi connectivity index (χ3v) is 4.08. The van der Waals surface area contributed by atoms with E-state index in [0.717, 1.165) is 16.8 Å². The van der Waals surface area contributed by atoms with Crippen molar-refractivity contribution in [2.75, 3.05) is 18.6 Å². The number of carbonyl (C=O) groups excluding carboxylic acids is 2. The molecule has 0 aliphatic carbocycles. The van der Waals surface area contributed by atoms with Crippen molar-refractivity contribution in [2.24, 2.45) is 0 Å². The summed E-state index contributed by atoms with van der Waals surface area (Å²) in [6.07, 6.45) is 0. The molecule has 2 rings (SSSR count). The molecule has 0 aliphatic rings. The first-order valence-electron chi connectivity index (χ1n) is 8.29. The minimum Gasteiger partial charge on any atom is -0.452 e. The van der Waals surface area contributed by atoms with Gasteiger partial charge in [0.15, 0.2) is 6.61 Å². The Morgan fingerprint density at radius 1 is 1.04 bits per heavy atom. The van der Waals surface area contributed by atoms with Gasteiger partial charge in [0.05, 0.1) is 5.56 Å². The minimum atomic E-state index is -0.494. The van der Waals surface area contributed by atoms with Gasteiger partial charge in [-0.2, -0.15) is 0 Å². The SMILES string of the molecule is Cc1cccc(N(C)C(=O)COC(=O)c2ccc(C(C)(C)C)cc2)c1. The third-order valence-electron chi connectivity index (χ3n) is 4.08. The number of esters is 1. The van der Waals surface area contributed by atoms with Crippen molar-refractivity contribution < 1.29 is 14.3 Å². The van der Waals surface area contributed by atoms with Gasteiger partial charge in [-0.25, -0.2) is 4.79 Å². The van der Waals surface area contributed by atoms with Crippen LogP contribution < -0.4 is 4.90 Å². The first-order chi connectivity index (χ1) is 11.7. The molecule has 0 atom stereocenters. The van der Waals surface area contributed by atoms with E-state index in [-0.39, 0.29) is 17.9 Å². The van der Waals surface area contributed by atoms with Crippen molar-refractivity contribution in [1.29, 1.82) is 0 Å². The average molecular weight is 339 g/mol. The van der Waals surface area contributed by atoms with Crippen LogP contribution >= 0.6 is 0 Å². The number of ether oxygens (including phenoxy) is 1. The summed E-state index contributed by atoms with van der Waals surface area (Å²) in [6, 6.07) is 14.9. The van der Waals surface area contributed by atoms with Crippen LogP contribution in [0.4, 0.5) is 5.69 Å². The number of hydrogen-bond acceptors (Lipinski definition) is 3. The van der Waals surface area contributed by atoms with Crippen molar-refractivity contribution in [3.63, 3.8) is 0 Å². The number of anilines is 1. The lowest BCUT2D eigenvalue weighted by Crippen LogP contribution is -2.31. The van der Waals surface area contributed by atoms with Gasteiger partial charge >= 0.3 is 5.97 Å². The highest BCUT2D eigenvalue weighted by Crippen LogP contribution is 2.22. The summed E-state index contributed by atoms with van der Waals surface area (Å²) >= 11 is 0. The summed E-state index contributed by atoms with van der Waals surface area (Å²) in [7, 11) is 1.67. The Labute approximate surface area is 149 Å². The number of hydrogen-bond donors (Lipinski definition) is 0. The van der Waals surface area contributed by atoms with E-state index in [0.29, 0.717) is 5.56 Å². The fourth-order valence-corrected chi connectivity index (χ4v) is 2.39. The predicted molar refractivity (Wildman–Crippen MR) is 100 cm³/mol. The van der Waals surface area contributed by atoms with Gasteiger partial charge in [0.25, 0.3) is 5.91 Å². The zero-order chi connectivity index (χ0) is 18.6. The molecular weight excluding hydrogens is 314 g/mol. The van der Waals surface area contributed by atoms with Crippen LogP contribution in [-0.2, 0) is 14.9 Å². The van der Waals surface area contributed by atoms with Gasteiger partial charge in [0.1, 0.15) is 0 Å². The van der Waals surface area contributed by atoms with Gasteiger partial charge in [-0.1, -0.05) is 45.0 Å². The number of amides is 1. The summed E-state index contributed by atoms with van der Waals surface area (Å²) in [6.45, 7) is 8.01. The molecule has 0 fully saturated rings. The topological polar surface area (TPSA) is 46.6 Å². The summed E-state index contributed by atoms with van der Waals surface area (Å²) < 4.78 is 5.16. The molecule has 0 aromatic heterocycles. The molecule has 0 aliphatic heterocycles. The standard InChI is InChI=1S/C21H25NO3/c1-15-7-6-8-18(13-15)22(5)19(23)14-25-20(24)16-9-11-17(12-10-16)21(2,3)4/h6-13H,14H2,1-5H3. The van der Waals surface area contributed by atoms with E-state index in [4.69, 9.17) is 4.74 Å². The van der Waals surface area contributed by atoms with E-state index < -0.39 is 5.97 Å². The Kier molecular flexibility index (Phi) is 5.62. The highest BCUT2D eigenvalue weighted by atomic mass is 16.5. The molecule has 25 heavy (non-hydrogen) atoms. The molecule has 0 saturated heterocycles. The van der Waals surface area contributed by atoms with Crippen LogP contribution in [0, 0.1) is 6.92 Å². The number of rotatable bonds is 4. The van der Waals surface area contributed by atoms with Gasteiger partial charge in [-0.15, -0.1) is 0 Å². The molecule has 2 aromatic carbocycles. The maximum absolute atomic E-state index is 12.2. The molecule has 0 radical (unpaired) electrons. The smallest absolute Gasteiger partial charge is 0.338 e. The van der Waals surface area contributed by atoms with Crippen LogP contribution in [0.15, 0.2) is 48.5 Å². The van der Waals surface area contributed by atoms with Gasteiger partial charge < -0.3 is 9.64 Å². The van der Waals surface area contributed by atoms with E-state index in [1.807, 2.05) is 43.3 Å². The highest BCUT2D eigenvalue weighted by molar-refractivity contribution is 5.96. The van der Waals surface area contributed by atoms with Crippen LogP contribution in [0.5, 0.6) is 0 Å². The Morgan fingerprint density at radius 2 is 1.68 bits per heavy atom. The van der Waals surface area contributed by atoms with Crippen LogP contribution in [0.3, 0.4) is 0 Å². The Morgan fingerprint density at radius 3 is 2.24 bits per heavy atom. The van der Waals surface area contributed by atoms with Crippen molar-refractivity contribution in [2.45, 2.75) is 33.1 Å². The monoisotopic (exact) mass is 339 g/mol. The third kappa shape index (κ3) is 4.92. The Bertz CT molecular complexity index is 757. The van der Waals surface area contributed by atoms with Crippen LogP contribution in [-0.4, -0.2) is 25.5 Å². The van der Waals surface area contributed by atoms with Crippen LogP contribution in [0.1, 0.15) is 42.3 Å². The second-order valence-electron chi connectivity index (χ2n) is 7.20. The molecule has 0 heterocycles. The first-order valence-corrected chi connectivity index (χ1v) is 8.29. The summed E-state index contributed by atoms with van der Waals surface area (Å²) in [4.78, 5) is 25.8. The lowest BCUT2D eigenvalue weighted by atomic mass is 9.87. The maximum atomic E-state index is 12.2. The normalized spacial score (nSPS) is 11.1. The minimum absolute atomic E-state index is 0.0227. The number of likely N-dealkylation sites (N-methyl/N-ethyl adjacent to an activating group) is 1. The molecule has 0 unspecified atom stereocenters. The summed E-state index contributed by atoms with van der Waals surface area (Å²) in [5.41, 5.74) is 3.44. The molecule has 4 nitrogen and oxygen atoms in total. The van der Waals surface area contributed by atoms with Gasteiger partial charge in [-0.3, -0.25) is 4.79 Å². The molecule has 0 spiro atoms.